The van der Waals surface area contributed by atoms with Gasteiger partial charge in [0.2, 0.25) is 11.8 Å². The molecule has 0 saturated carbocycles. The number of rotatable bonds is 7. The van der Waals surface area contributed by atoms with Crippen LogP contribution >= 0.6 is 11.6 Å². The fourth-order valence-electron chi connectivity index (χ4n) is 3.42. The smallest absolute Gasteiger partial charge is 0.243 e. The van der Waals surface area contributed by atoms with E-state index in [1.165, 1.54) is 29.2 Å². The zero-order valence-corrected chi connectivity index (χ0v) is 17.8. The van der Waals surface area contributed by atoms with Crippen LogP contribution < -0.4 is 20.5 Å². The first-order valence-electron chi connectivity index (χ1n) is 10.1. The Labute approximate surface area is 189 Å². The molecule has 1 aliphatic rings. The molecule has 32 heavy (non-hydrogen) atoms. The summed E-state index contributed by atoms with van der Waals surface area (Å²) < 4.78 is 19.0. The third-order valence-electron chi connectivity index (χ3n) is 5.15. The van der Waals surface area contributed by atoms with Crippen molar-refractivity contribution in [2.45, 2.75) is 13.0 Å². The number of ether oxygens (including phenoxy) is 1. The summed E-state index contributed by atoms with van der Waals surface area (Å²) in [6.07, 6.45) is 0.0829. The van der Waals surface area contributed by atoms with Crippen molar-refractivity contribution >= 4 is 34.8 Å². The Kier molecular flexibility index (Phi) is 6.56. The van der Waals surface area contributed by atoms with Crippen LogP contribution in [0.25, 0.3) is 0 Å². The molecule has 0 bridgehead atoms. The lowest BCUT2D eigenvalue weighted by atomic mass is 10.1. The van der Waals surface area contributed by atoms with Gasteiger partial charge in [-0.3, -0.25) is 20.4 Å². The molecule has 1 heterocycles. The van der Waals surface area contributed by atoms with Gasteiger partial charge in [0.1, 0.15) is 18.2 Å². The highest BCUT2D eigenvalue weighted by atomic mass is 35.5. The number of hydrogen-bond acceptors (Lipinski definition) is 4. The molecular weight excluding hydrogens is 433 g/mol. The first-order chi connectivity index (χ1) is 15.5. The fourth-order valence-corrected chi connectivity index (χ4v) is 3.55. The average Bonchev–Trinajstić information content (AvgIpc) is 3.20. The van der Waals surface area contributed by atoms with E-state index in [2.05, 4.69) is 10.9 Å². The second kappa shape index (κ2) is 9.70. The molecule has 3 aromatic rings. The molecule has 1 saturated heterocycles. The number of carbonyl (C=O) groups is 2. The van der Waals surface area contributed by atoms with Crippen molar-refractivity contribution in [3.8, 4) is 5.75 Å². The molecule has 0 unspecified atom stereocenters. The van der Waals surface area contributed by atoms with Gasteiger partial charge in [0.25, 0.3) is 0 Å². The van der Waals surface area contributed by atoms with Crippen LogP contribution in [0.5, 0.6) is 5.75 Å². The summed E-state index contributed by atoms with van der Waals surface area (Å²) in [7, 11) is 0. The van der Waals surface area contributed by atoms with Crippen LogP contribution in [-0.4, -0.2) is 18.4 Å². The van der Waals surface area contributed by atoms with E-state index in [1.54, 1.807) is 24.3 Å². The Bertz CT molecular complexity index is 1110. The van der Waals surface area contributed by atoms with Crippen LogP contribution in [0.2, 0.25) is 5.02 Å². The quantitative estimate of drug-likeness (QED) is 0.515. The number of nitrogens with one attached hydrogen (secondary N) is 2. The van der Waals surface area contributed by atoms with Gasteiger partial charge >= 0.3 is 0 Å². The van der Waals surface area contributed by atoms with Gasteiger partial charge in [-0.15, -0.1) is 0 Å². The van der Waals surface area contributed by atoms with Crippen LogP contribution in [0.15, 0.2) is 72.8 Å². The van der Waals surface area contributed by atoms with E-state index >= 15 is 0 Å². The lowest BCUT2D eigenvalue weighted by Crippen LogP contribution is -2.36. The van der Waals surface area contributed by atoms with Crippen LogP contribution in [0.3, 0.4) is 0 Å². The second-order valence-electron chi connectivity index (χ2n) is 7.41. The van der Waals surface area contributed by atoms with Gasteiger partial charge in [-0.05, 0) is 54.1 Å². The van der Waals surface area contributed by atoms with Gasteiger partial charge in [0.05, 0.1) is 11.6 Å². The third-order valence-corrected chi connectivity index (χ3v) is 5.40. The summed E-state index contributed by atoms with van der Waals surface area (Å²) >= 11 is 5.91. The zero-order valence-electron chi connectivity index (χ0n) is 17.1. The summed E-state index contributed by atoms with van der Waals surface area (Å²) in [6.45, 7) is 0.570. The Morgan fingerprint density at radius 2 is 1.78 bits per heavy atom. The van der Waals surface area contributed by atoms with Crippen molar-refractivity contribution in [3.63, 3.8) is 0 Å². The number of halogens is 2. The van der Waals surface area contributed by atoms with Crippen molar-refractivity contribution in [1.29, 1.82) is 0 Å². The van der Waals surface area contributed by atoms with E-state index in [0.29, 0.717) is 28.8 Å². The maximum atomic E-state index is 13.1. The molecule has 1 atom stereocenters. The lowest BCUT2D eigenvalue weighted by molar-refractivity contribution is -0.125. The van der Waals surface area contributed by atoms with E-state index in [-0.39, 0.29) is 30.6 Å². The van der Waals surface area contributed by atoms with Crippen molar-refractivity contribution in [2.75, 3.05) is 16.9 Å². The monoisotopic (exact) mass is 453 g/mol. The van der Waals surface area contributed by atoms with Crippen molar-refractivity contribution in [3.05, 3.63) is 89.2 Å². The molecule has 0 aliphatic carbocycles. The molecule has 4 rings (SSSR count). The minimum atomic E-state index is -0.526. The number of para-hydroxylation sites is 2. The van der Waals surface area contributed by atoms with E-state index in [4.69, 9.17) is 16.3 Å². The largest absolute Gasteiger partial charge is 0.487 e. The van der Waals surface area contributed by atoms with E-state index < -0.39 is 5.92 Å². The van der Waals surface area contributed by atoms with Crippen LogP contribution in [0.4, 0.5) is 15.8 Å². The average molecular weight is 454 g/mol. The summed E-state index contributed by atoms with van der Waals surface area (Å²) in [4.78, 5) is 26.5. The zero-order chi connectivity index (χ0) is 22.5. The van der Waals surface area contributed by atoms with E-state index in [0.717, 1.165) is 5.56 Å². The summed E-state index contributed by atoms with van der Waals surface area (Å²) in [6, 6.07) is 20.2. The highest BCUT2D eigenvalue weighted by molar-refractivity contribution is 6.30. The Morgan fingerprint density at radius 1 is 1.06 bits per heavy atom. The first-order valence-corrected chi connectivity index (χ1v) is 10.5. The number of nitrogens with zero attached hydrogens (tertiary/aromatic N) is 1. The Hall–Kier alpha value is -3.58. The number of carbonyl (C=O) groups excluding carboxylic acids is 2. The van der Waals surface area contributed by atoms with Crippen molar-refractivity contribution in [2.24, 2.45) is 5.92 Å². The van der Waals surface area contributed by atoms with E-state index in [1.807, 2.05) is 24.3 Å². The van der Waals surface area contributed by atoms with Crippen molar-refractivity contribution < 1.29 is 18.7 Å². The predicted octanol–water partition coefficient (Wildman–Crippen LogP) is 4.55. The molecule has 8 heteroatoms. The molecule has 6 nitrogen and oxygen atoms in total. The maximum absolute atomic E-state index is 13.1. The van der Waals surface area contributed by atoms with Crippen molar-refractivity contribution in [1.82, 2.24) is 5.43 Å². The topological polar surface area (TPSA) is 70.7 Å². The van der Waals surface area contributed by atoms with Gasteiger partial charge in [-0.1, -0.05) is 35.9 Å². The fraction of sp³-hybridized carbons (Fsp3) is 0.167. The second-order valence-corrected chi connectivity index (χ2v) is 7.84. The summed E-state index contributed by atoms with van der Waals surface area (Å²) in [5.74, 6) is -0.824. The first kappa shape index (κ1) is 21.6. The van der Waals surface area contributed by atoms with Gasteiger partial charge in [-0.2, -0.15) is 0 Å². The summed E-state index contributed by atoms with van der Waals surface area (Å²) in [5, 5.41) is 0.655. The molecule has 2 amide bonds. The highest BCUT2D eigenvalue weighted by Gasteiger charge is 2.35. The van der Waals surface area contributed by atoms with Crippen LogP contribution in [-0.2, 0) is 16.2 Å². The molecular formula is C24H21ClFN3O3. The standard InChI is InChI=1S/C24H21ClFN3O3/c25-18-7-5-16(6-8-18)15-32-22-4-2-1-3-21(22)27-28-24(31)17-13-23(30)29(14-17)20-11-9-19(26)10-12-20/h1-12,17,27H,13-15H2,(H,28,31)/t17-/m1/s1. The van der Waals surface area contributed by atoms with Gasteiger partial charge in [0.15, 0.2) is 0 Å². The molecule has 0 aromatic heterocycles. The minimum Gasteiger partial charge on any atom is -0.487 e. The molecule has 164 valence electrons. The molecule has 2 N–H and O–H groups in total. The highest BCUT2D eigenvalue weighted by Crippen LogP contribution is 2.27. The normalized spacial score (nSPS) is 15.5. The van der Waals surface area contributed by atoms with Crippen LogP contribution in [0, 0.1) is 11.7 Å². The molecule has 0 spiro atoms. The minimum absolute atomic E-state index is 0.0829. The molecule has 0 radical (unpaired) electrons. The number of anilines is 2. The molecule has 1 aliphatic heterocycles. The summed E-state index contributed by atoms with van der Waals surface area (Å²) in [5.41, 5.74) is 7.67. The van der Waals surface area contributed by atoms with Gasteiger partial charge < -0.3 is 9.64 Å². The number of benzene rings is 3. The Morgan fingerprint density at radius 3 is 2.53 bits per heavy atom. The third kappa shape index (κ3) is 5.18. The number of amides is 2. The number of hydrogen-bond donors (Lipinski definition) is 2. The lowest BCUT2D eigenvalue weighted by Gasteiger charge is -2.17. The molecule has 1 fully saturated rings. The van der Waals surface area contributed by atoms with Gasteiger partial charge in [-0.25, -0.2) is 4.39 Å². The molecule has 3 aromatic carbocycles. The van der Waals surface area contributed by atoms with Crippen LogP contribution in [0.1, 0.15) is 12.0 Å². The van der Waals surface area contributed by atoms with E-state index in [9.17, 15) is 14.0 Å². The number of hydrazine groups is 1. The van der Waals surface area contributed by atoms with Gasteiger partial charge in [0, 0.05) is 23.7 Å². The predicted molar refractivity (Wildman–Crippen MR) is 121 cm³/mol. The Balaban J connectivity index is 1.34. The SMILES string of the molecule is O=C(NNc1ccccc1OCc1ccc(Cl)cc1)[C@@H]1CC(=O)N(c2ccc(F)cc2)C1. The maximum Gasteiger partial charge on any atom is 0.243 e.